The Morgan fingerprint density at radius 1 is 1.47 bits per heavy atom. The summed E-state index contributed by atoms with van der Waals surface area (Å²) >= 11 is 1.84. The van der Waals surface area contributed by atoms with Crippen molar-refractivity contribution in [3.05, 3.63) is 16.1 Å². The fraction of sp³-hybridized carbons (Fsp3) is 0.750. The molecule has 0 aromatic carbocycles. The highest BCUT2D eigenvalue weighted by molar-refractivity contribution is 7.11. The van der Waals surface area contributed by atoms with E-state index in [9.17, 15) is 0 Å². The van der Waals surface area contributed by atoms with Crippen LogP contribution in [0.15, 0.2) is 6.20 Å². The fourth-order valence-electron chi connectivity index (χ4n) is 1.70. The molecule has 0 spiro atoms. The van der Waals surface area contributed by atoms with Gasteiger partial charge in [0.15, 0.2) is 0 Å². The molecular formula is C12H20N2S. The van der Waals surface area contributed by atoms with E-state index in [4.69, 9.17) is 0 Å². The lowest BCUT2D eigenvalue weighted by atomic mass is 10.2. The van der Waals surface area contributed by atoms with Gasteiger partial charge in [0, 0.05) is 29.6 Å². The molecule has 84 valence electrons. The quantitative estimate of drug-likeness (QED) is 0.831. The average molecular weight is 224 g/mol. The van der Waals surface area contributed by atoms with Crippen molar-refractivity contribution >= 4 is 11.3 Å². The summed E-state index contributed by atoms with van der Waals surface area (Å²) in [5, 5.41) is 4.84. The van der Waals surface area contributed by atoms with Crippen molar-refractivity contribution in [2.45, 2.75) is 52.1 Å². The van der Waals surface area contributed by atoms with Gasteiger partial charge in [0.05, 0.1) is 5.01 Å². The smallest absolute Gasteiger partial charge is 0.0953 e. The van der Waals surface area contributed by atoms with Gasteiger partial charge in [-0.05, 0) is 25.7 Å². The van der Waals surface area contributed by atoms with Crippen molar-refractivity contribution in [1.82, 2.24) is 10.3 Å². The van der Waals surface area contributed by atoms with Gasteiger partial charge in [-0.1, -0.05) is 13.8 Å². The van der Waals surface area contributed by atoms with Crippen LogP contribution in [0.3, 0.4) is 0 Å². The molecule has 1 atom stereocenters. The SMILES string of the molecule is CC(C)c1ncc(CNC(C)C2CC2)s1. The first-order valence-corrected chi connectivity index (χ1v) is 6.66. The van der Waals surface area contributed by atoms with E-state index in [0.29, 0.717) is 12.0 Å². The highest BCUT2D eigenvalue weighted by atomic mass is 32.1. The van der Waals surface area contributed by atoms with E-state index >= 15 is 0 Å². The number of thiazole rings is 1. The molecule has 1 saturated carbocycles. The first-order chi connectivity index (χ1) is 7.16. The summed E-state index contributed by atoms with van der Waals surface area (Å²) in [5.41, 5.74) is 0. The second-order valence-electron chi connectivity index (χ2n) is 4.83. The zero-order valence-corrected chi connectivity index (χ0v) is 10.6. The normalized spacial score (nSPS) is 18.4. The minimum atomic E-state index is 0.560. The van der Waals surface area contributed by atoms with Gasteiger partial charge in [-0.25, -0.2) is 4.98 Å². The fourth-order valence-corrected chi connectivity index (χ4v) is 2.57. The Kier molecular flexibility index (Phi) is 3.42. The van der Waals surface area contributed by atoms with Crippen molar-refractivity contribution in [2.24, 2.45) is 5.92 Å². The van der Waals surface area contributed by atoms with Gasteiger partial charge in [0.25, 0.3) is 0 Å². The van der Waals surface area contributed by atoms with E-state index in [1.165, 1.54) is 22.7 Å². The molecule has 0 saturated heterocycles. The van der Waals surface area contributed by atoms with Crippen LogP contribution in [0.4, 0.5) is 0 Å². The molecule has 1 fully saturated rings. The van der Waals surface area contributed by atoms with Crippen molar-refractivity contribution in [3.8, 4) is 0 Å². The van der Waals surface area contributed by atoms with Crippen LogP contribution in [0.2, 0.25) is 0 Å². The van der Waals surface area contributed by atoms with Gasteiger partial charge >= 0.3 is 0 Å². The van der Waals surface area contributed by atoms with Gasteiger partial charge in [0.1, 0.15) is 0 Å². The minimum Gasteiger partial charge on any atom is -0.309 e. The standard InChI is InChI=1S/C12H20N2S/c1-8(2)12-14-7-11(15-12)6-13-9(3)10-4-5-10/h7-10,13H,4-6H2,1-3H3. The summed E-state index contributed by atoms with van der Waals surface area (Å²) in [6, 6.07) is 0.676. The third kappa shape index (κ3) is 3.02. The van der Waals surface area contributed by atoms with Crippen LogP contribution in [-0.4, -0.2) is 11.0 Å². The Hall–Kier alpha value is -0.410. The maximum absolute atomic E-state index is 4.43. The lowest BCUT2D eigenvalue weighted by molar-refractivity contribution is 0.498. The van der Waals surface area contributed by atoms with Crippen molar-refractivity contribution in [3.63, 3.8) is 0 Å². The zero-order chi connectivity index (χ0) is 10.8. The summed E-state index contributed by atoms with van der Waals surface area (Å²) in [7, 11) is 0. The first-order valence-electron chi connectivity index (χ1n) is 5.85. The summed E-state index contributed by atoms with van der Waals surface area (Å²) in [6.07, 6.45) is 4.84. The van der Waals surface area contributed by atoms with Crippen LogP contribution < -0.4 is 5.32 Å². The first kappa shape index (κ1) is 11.1. The number of nitrogens with one attached hydrogen (secondary N) is 1. The van der Waals surface area contributed by atoms with E-state index in [-0.39, 0.29) is 0 Å². The third-order valence-corrected chi connectivity index (χ3v) is 4.29. The number of hydrogen-bond acceptors (Lipinski definition) is 3. The molecule has 0 amide bonds. The Morgan fingerprint density at radius 2 is 2.20 bits per heavy atom. The van der Waals surface area contributed by atoms with Crippen LogP contribution >= 0.6 is 11.3 Å². The van der Waals surface area contributed by atoms with Crippen molar-refractivity contribution < 1.29 is 0 Å². The molecule has 0 bridgehead atoms. The van der Waals surface area contributed by atoms with E-state index < -0.39 is 0 Å². The number of aromatic nitrogens is 1. The van der Waals surface area contributed by atoms with Crippen LogP contribution in [0.25, 0.3) is 0 Å². The van der Waals surface area contributed by atoms with Crippen molar-refractivity contribution in [1.29, 1.82) is 0 Å². The third-order valence-electron chi connectivity index (χ3n) is 2.99. The highest BCUT2D eigenvalue weighted by Crippen LogP contribution is 2.32. The lowest BCUT2D eigenvalue weighted by Gasteiger charge is -2.10. The molecule has 3 heteroatoms. The number of rotatable bonds is 5. The summed E-state index contributed by atoms with van der Waals surface area (Å²) in [6.45, 7) is 7.68. The van der Waals surface area contributed by atoms with E-state index in [1.807, 2.05) is 17.5 Å². The van der Waals surface area contributed by atoms with Crippen molar-refractivity contribution in [2.75, 3.05) is 0 Å². The number of nitrogens with zero attached hydrogens (tertiary/aromatic N) is 1. The molecule has 1 aliphatic carbocycles. The monoisotopic (exact) mass is 224 g/mol. The van der Waals surface area contributed by atoms with Crippen LogP contribution in [0.5, 0.6) is 0 Å². The predicted molar refractivity (Wildman–Crippen MR) is 65.2 cm³/mol. The summed E-state index contributed by atoms with van der Waals surface area (Å²) in [4.78, 5) is 5.80. The lowest BCUT2D eigenvalue weighted by Crippen LogP contribution is -2.26. The topological polar surface area (TPSA) is 24.9 Å². The van der Waals surface area contributed by atoms with E-state index in [2.05, 4.69) is 31.1 Å². The maximum Gasteiger partial charge on any atom is 0.0953 e. The highest BCUT2D eigenvalue weighted by Gasteiger charge is 2.27. The molecule has 15 heavy (non-hydrogen) atoms. The second-order valence-corrected chi connectivity index (χ2v) is 5.97. The maximum atomic E-state index is 4.43. The zero-order valence-electron chi connectivity index (χ0n) is 9.79. The van der Waals surface area contributed by atoms with Gasteiger partial charge in [-0.2, -0.15) is 0 Å². The minimum absolute atomic E-state index is 0.560. The molecule has 1 heterocycles. The van der Waals surface area contributed by atoms with E-state index in [0.717, 1.165) is 12.5 Å². The number of hydrogen-bond donors (Lipinski definition) is 1. The molecule has 0 radical (unpaired) electrons. The molecular weight excluding hydrogens is 204 g/mol. The molecule has 1 N–H and O–H groups in total. The van der Waals surface area contributed by atoms with Gasteiger partial charge in [0.2, 0.25) is 0 Å². The average Bonchev–Trinajstić information content (AvgIpc) is 2.93. The molecule has 1 aromatic rings. The van der Waals surface area contributed by atoms with Crippen LogP contribution in [0.1, 0.15) is 49.4 Å². The Labute approximate surface area is 96.1 Å². The largest absolute Gasteiger partial charge is 0.309 e. The van der Waals surface area contributed by atoms with Crippen LogP contribution in [0, 0.1) is 5.92 Å². The molecule has 1 aromatic heterocycles. The predicted octanol–water partition coefficient (Wildman–Crippen LogP) is 3.15. The molecule has 1 aliphatic rings. The van der Waals surface area contributed by atoms with Gasteiger partial charge in [-0.3, -0.25) is 0 Å². The van der Waals surface area contributed by atoms with E-state index in [1.54, 1.807) is 0 Å². The van der Waals surface area contributed by atoms with Gasteiger partial charge < -0.3 is 5.32 Å². The Morgan fingerprint density at radius 3 is 2.73 bits per heavy atom. The molecule has 0 aliphatic heterocycles. The molecule has 2 nitrogen and oxygen atoms in total. The van der Waals surface area contributed by atoms with Gasteiger partial charge in [-0.15, -0.1) is 11.3 Å². The summed E-state index contributed by atoms with van der Waals surface area (Å²) < 4.78 is 0. The Bertz CT molecular complexity index is 315. The Balaban J connectivity index is 1.82. The summed E-state index contributed by atoms with van der Waals surface area (Å²) in [5.74, 6) is 1.49. The molecule has 1 unspecified atom stereocenters. The van der Waals surface area contributed by atoms with Crippen LogP contribution in [-0.2, 0) is 6.54 Å². The molecule has 2 rings (SSSR count). The second kappa shape index (κ2) is 4.62.